The molecule has 2 aromatic carbocycles. The topological polar surface area (TPSA) is 48.0 Å². The van der Waals surface area contributed by atoms with Crippen LogP contribution >= 0.6 is 0 Å². The van der Waals surface area contributed by atoms with Crippen LogP contribution in [0.4, 0.5) is 11.4 Å². The van der Waals surface area contributed by atoms with Crippen LogP contribution in [0.3, 0.4) is 0 Å². The van der Waals surface area contributed by atoms with E-state index < -0.39 is 0 Å². The van der Waals surface area contributed by atoms with Gasteiger partial charge in [0.1, 0.15) is 11.5 Å². The van der Waals surface area contributed by atoms with Crippen LogP contribution in [0.1, 0.15) is 11.4 Å². The van der Waals surface area contributed by atoms with Crippen molar-refractivity contribution in [3.63, 3.8) is 0 Å². The third-order valence-corrected chi connectivity index (χ3v) is 6.50. The van der Waals surface area contributed by atoms with E-state index >= 15 is 0 Å². The van der Waals surface area contributed by atoms with E-state index in [2.05, 4.69) is 80.3 Å². The maximum absolute atomic E-state index is 6.31. The van der Waals surface area contributed by atoms with E-state index in [0.29, 0.717) is 0 Å². The molecule has 0 aliphatic carbocycles. The van der Waals surface area contributed by atoms with Crippen molar-refractivity contribution in [3.8, 4) is 11.5 Å². The van der Waals surface area contributed by atoms with Gasteiger partial charge in [0.05, 0.1) is 36.1 Å². The Morgan fingerprint density at radius 2 is 1.08 bits per heavy atom. The molecule has 0 saturated heterocycles. The highest BCUT2D eigenvalue weighted by atomic mass is 16.5. The Morgan fingerprint density at radius 3 is 1.51 bits per heavy atom. The van der Waals surface area contributed by atoms with Gasteiger partial charge >= 0.3 is 0 Å². The Balaban J connectivity index is 1.20. The zero-order valence-corrected chi connectivity index (χ0v) is 20.9. The van der Waals surface area contributed by atoms with Crippen LogP contribution in [0.15, 0.2) is 110 Å². The van der Waals surface area contributed by atoms with Gasteiger partial charge in [-0.2, -0.15) is 0 Å². The van der Waals surface area contributed by atoms with Gasteiger partial charge in [0.25, 0.3) is 0 Å². The molecule has 2 aromatic heterocycles. The van der Waals surface area contributed by atoms with E-state index in [1.54, 1.807) is 0 Å². The van der Waals surface area contributed by atoms with Crippen LogP contribution in [0.5, 0.6) is 11.5 Å². The van der Waals surface area contributed by atoms with Crippen LogP contribution < -0.4 is 14.5 Å². The highest BCUT2D eigenvalue weighted by molar-refractivity contribution is 5.71. The van der Waals surface area contributed by atoms with Gasteiger partial charge in [-0.1, -0.05) is 24.3 Å². The molecule has 0 spiro atoms. The number of anilines is 2. The van der Waals surface area contributed by atoms with Crippen molar-refractivity contribution in [3.05, 3.63) is 121 Å². The summed E-state index contributed by atoms with van der Waals surface area (Å²) in [4.78, 5) is 17.8. The number of benzene rings is 2. The maximum atomic E-state index is 6.31. The highest BCUT2D eigenvalue weighted by Crippen LogP contribution is 2.33. The fourth-order valence-electron chi connectivity index (χ4n) is 4.64. The molecule has 184 valence electrons. The Bertz CT molecular complexity index is 1340. The number of aromatic nitrogens is 2. The largest absolute Gasteiger partial charge is 0.457 e. The first-order valence-electron chi connectivity index (χ1n) is 12.2. The summed E-state index contributed by atoms with van der Waals surface area (Å²) in [5, 5.41) is 0. The zero-order valence-electron chi connectivity index (χ0n) is 20.9. The Labute approximate surface area is 217 Å². The molecule has 0 fully saturated rings. The summed E-state index contributed by atoms with van der Waals surface area (Å²) in [7, 11) is 4.16. The van der Waals surface area contributed by atoms with Crippen molar-refractivity contribution in [2.24, 2.45) is 0 Å². The molecule has 0 unspecified atom stereocenters. The third kappa shape index (κ3) is 4.71. The summed E-state index contributed by atoms with van der Waals surface area (Å²) < 4.78 is 6.31. The van der Waals surface area contributed by atoms with Crippen molar-refractivity contribution in [1.82, 2.24) is 19.8 Å². The number of hydrogen-bond acceptors (Lipinski definition) is 7. The zero-order chi connectivity index (χ0) is 25.2. The van der Waals surface area contributed by atoms with E-state index in [0.717, 1.165) is 59.0 Å². The second-order valence-corrected chi connectivity index (χ2v) is 9.17. The van der Waals surface area contributed by atoms with E-state index in [9.17, 15) is 0 Å². The lowest BCUT2D eigenvalue weighted by molar-refractivity contribution is 0.481. The molecule has 0 amide bonds. The molecule has 7 heteroatoms. The van der Waals surface area contributed by atoms with Crippen LogP contribution in [0.25, 0.3) is 11.4 Å². The van der Waals surface area contributed by atoms with E-state index in [1.807, 2.05) is 73.1 Å². The van der Waals surface area contributed by atoms with E-state index in [-0.39, 0.29) is 0 Å². The Morgan fingerprint density at radius 1 is 0.595 bits per heavy atom. The number of hydrogen-bond donors (Lipinski definition) is 0. The van der Waals surface area contributed by atoms with Gasteiger partial charge in [-0.05, 0) is 48.5 Å². The van der Waals surface area contributed by atoms with Crippen molar-refractivity contribution in [2.75, 3.05) is 37.2 Å². The molecule has 0 bridgehead atoms. The van der Waals surface area contributed by atoms with Crippen LogP contribution in [0.2, 0.25) is 0 Å². The van der Waals surface area contributed by atoms with Crippen molar-refractivity contribution < 1.29 is 4.74 Å². The molecule has 4 aromatic rings. The molecule has 6 rings (SSSR count). The average molecular weight is 489 g/mol. The molecule has 2 aliphatic heterocycles. The summed E-state index contributed by atoms with van der Waals surface area (Å²) in [5.74, 6) is 1.58. The third-order valence-electron chi connectivity index (χ3n) is 6.50. The van der Waals surface area contributed by atoms with Crippen molar-refractivity contribution in [1.29, 1.82) is 0 Å². The number of nitrogens with zero attached hydrogens (tertiary/aromatic N) is 6. The van der Waals surface area contributed by atoms with Crippen LogP contribution in [-0.4, -0.2) is 47.2 Å². The SMILES string of the molecule is CN1CN(c2cccc(Oc3cccc(N4C=C(c5ccccn5)N(C)C4)c3)c2)C=C1c1ccccn1. The fraction of sp³-hybridized carbons (Fsp3) is 0.133. The highest BCUT2D eigenvalue weighted by Gasteiger charge is 2.22. The van der Waals surface area contributed by atoms with Gasteiger partial charge in [-0.15, -0.1) is 0 Å². The summed E-state index contributed by atoms with van der Waals surface area (Å²) in [6.07, 6.45) is 7.92. The lowest BCUT2D eigenvalue weighted by atomic mass is 10.2. The Hall–Kier alpha value is -4.78. The molecule has 0 N–H and O–H groups in total. The first-order chi connectivity index (χ1) is 18.1. The van der Waals surface area contributed by atoms with Gasteiger partial charge < -0.3 is 24.3 Å². The van der Waals surface area contributed by atoms with Crippen LogP contribution in [0, 0.1) is 0 Å². The molecule has 4 heterocycles. The smallest absolute Gasteiger partial charge is 0.129 e. The minimum absolute atomic E-state index is 0.748. The molecule has 2 aliphatic rings. The number of ether oxygens (including phenoxy) is 1. The maximum Gasteiger partial charge on any atom is 0.129 e. The summed E-state index contributed by atoms with van der Waals surface area (Å²) in [6.45, 7) is 1.50. The van der Waals surface area contributed by atoms with Crippen molar-refractivity contribution in [2.45, 2.75) is 0 Å². The molecule has 0 saturated carbocycles. The predicted molar refractivity (Wildman–Crippen MR) is 148 cm³/mol. The van der Waals surface area contributed by atoms with E-state index in [1.165, 1.54) is 0 Å². The average Bonchev–Trinajstić information content (AvgIpc) is 3.53. The van der Waals surface area contributed by atoms with Gasteiger partial charge in [0.15, 0.2) is 0 Å². The lowest BCUT2D eigenvalue weighted by Gasteiger charge is -2.21. The number of pyridine rings is 2. The second-order valence-electron chi connectivity index (χ2n) is 9.17. The predicted octanol–water partition coefficient (Wildman–Crippen LogP) is 5.68. The number of rotatable bonds is 6. The minimum atomic E-state index is 0.748. The first kappa shape index (κ1) is 22.7. The fourth-order valence-corrected chi connectivity index (χ4v) is 4.64. The van der Waals surface area contributed by atoms with Crippen molar-refractivity contribution >= 4 is 22.8 Å². The molecule has 7 nitrogen and oxygen atoms in total. The van der Waals surface area contributed by atoms with E-state index in [4.69, 9.17) is 4.74 Å². The molecular weight excluding hydrogens is 460 g/mol. The molecule has 0 radical (unpaired) electrons. The van der Waals surface area contributed by atoms with Crippen LogP contribution in [-0.2, 0) is 0 Å². The summed E-state index contributed by atoms with van der Waals surface area (Å²) in [5.41, 5.74) is 6.24. The van der Waals surface area contributed by atoms with Gasteiger partial charge in [0, 0.05) is 62.4 Å². The summed E-state index contributed by atoms with van der Waals surface area (Å²) in [6, 6.07) is 28.3. The first-order valence-corrected chi connectivity index (χ1v) is 12.2. The quantitative estimate of drug-likeness (QED) is 0.346. The normalized spacial score (nSPS) is 15.2. The monoisotopic (exact) mass is 488 g/mol. The molecule has 37 heavy (non-hydrogen) atoms. The standard InChI is InChI=1S/C30H28N6O/c1-33-21-35(19-29(33)27-13-3-5-15-31-27)23-9-7-11-25(17-23)37-26-12-8-10-24(18-26)36-20-30(34(2)22-36)28-14-4-6-16-32-28/h3-20H,21-22H2,1-2H3. The van der Waals surface area contributed by atoms with Gasteiger partial charge in [-0.3, -0.25) is 9.97 Å². The summed E-state index contributed by atoms with van der Waals surface area (Å²) >= 11 is 0. The minimum Gasteiger partial charge on any atom is -0.457 e. The van der Waals surface area contributed by atoms with Gasteiger partial charge in [-0.25, -0.2) is 0 Å². The Kier molecular flexibility index (Phi) is 5.94. The molecular formula is C30H28N6O. The lowest BCUT2D eigenvalue weighted by Crippen LogP contribution is -2.23. The molecule has 0 atom stereocenters. The van der Waals surface area contributed by atoms with Gasteiger partial charge in [0.2, 0.25) is 0 Å². The second kappa shape index (κ2) is 9.70.